The van der Waals surface area contributed by atoms with Crippen molar-refractivity contribution in [1.82, 2.24) is 10.9 Å². The van der Waals surface area contributed by atoms with Crippen LogP contribution in [-0.2, 0) is 4.79 Å². The van der Waals surface area contributed by atoms with Gasteiger partial charge < -0.3 is 5.32 Å². The van der Waals surface area contributed by atoms with Crippen molar-refractivity contribution in [1.29, 1.82) is 0 Å². The molecule has 0 heterocycles. The third kappa shape index (κ3) is 5.36. The molecule has 2 aromatic carbocycles. The summed E-state index contributed by atoms with van der Waals surface area (Å²) in [7, 11) is 0. The van der Waals surface area contributed by atoms with Crippen LogP contribution in [0.5, 0.6) is 0 Å². The van der Waals surface area contributed by atoms with E-state index >= 15 is 0 Å². The highest BCUT2D eigenvalue weighted by molar-refractivity contribution is 7.80. The number of rotatable bonds is 4. The van der Waals surface area contributed by atoms with E-state index in [2.05, 4.69) is 16.2 Å². The zero-order chi connectivity index (χ0) is 18.2. The van der Waals surface area contributed by atoms with Gasteiger partial charge in [-0.2, -0.15) is 0 Å². The maximum Gasteiger partial charge on any atom is 0.276 e. The minimum Gasteiger partial charge on any atom is -0.329 e. The van der Waals surface area contributed by atoms with Gasteiger partial charge in [0.2, 0.25) is 0 Å². The number of thiocarbonyl (C=S) groups is 1. The Hall–Kier alpha value is -3.33. The highest BCUT2D eigenvalue weighted by Crippen LogP contribution is 2.18. The van der Waals surface area contributed by atoms with Gasteiger partial charge in [-0.15, -0.1) is 0 Å². The molecule has 0 radical (unpaired) electrons. The van der Waals surface area contributed by atoms with Gasteiger partial charge in [-0.25, -0.2) is 4.39 Å². The maximum absolute atomic E-state index is 13.5. The van der Waals surface area contributed by atoms with E-state index in [1.54, 1.807) is 12.1 Å². The molecule has 0 aliphatic carbocycles. The van der Waals surface area contributed by atoms with Crippen LogP contribution in [0.2, 0.25) is 0 Å². The number of nitro groups is 1. The molecule has 0 saturated carbocycles. The number of hydrogen-bond acceptors (Lipinski definition) is 4. The standard InChI is InChI=1S/C16H13FN4O3S/c17-12-6-2-3-7-13(12)18-16(25)20-19-15(22)10-9-11-5-1-4-8-14(11)21(23)24/h1-10H,(H,19,22)(H2,18,20,25)/b10-9+. The summed E-state index contributed by atoms with van der Waals surface area (Å²) in [6, 6.07) is 11.9. The molecular weight excluding hydrogens is 347 g/mol. The summed E-state index contributed by atoms with van der Waals surface area (Å²) in [6.07, 6.45) is 2.42. The number of carbonyl (C=O) groups excluding carboxylic acids is 1. The minimum absolute atomic E-state index is 0.0162. The van der Waals surface area contributed by atoms with Crippen LogP contribution in [0.15, 0.2) is 54.6 Å². The van der Waals surface area contributed by atoms with Crippen LogP contribution >= 0.6 is 12.2 Å². The Bertz CT molecular complexity index is 842. The Morgan fingerprint density at radius 3 is 2.52 bits per heavy atom. The highest BCUT2D eigenvalue weighted by Gasteiger charge is 2.09. The fraction of sp³-hybridized carbons (Fsp3) is 0. The van der Waals surface area contributed by atoms with Crippen LogP contribution in [-0.4, -0.2) is 15.9 Å². The van der Waals surface area contributed by atoms with Gasteiger partial charge in [-0.3, -0.25) is 25.8 Å². The van der Waals surface area contributed by atoms with E-state index in [4.69, 9.17) is 12.2 Å². The Labute approximate surface area is 147 Å². The summed E-state index contributed by atoms with van der Waals surface area (Å²) < 4.78 is 13.5. The van der Waals surface area contributed by atoms with Crippen molar-refractivity contribution in [2.45, 2.75) is 0 Å². The monoisotopic (exact) mass is 360 g/mol. The van der Waals surface area contributed by atoms with Crippen molar-refractivity contribution in [2.75, 3.05) is 5.32 Å². The van der Waals surface area contributed by atoms with Crippen LogP contribution in [0, 0.1) is 15.9 Å². The van der Waals surface area contributed by atoms with Gasteiger partial charge in [0.1, 0.15) is 5.82 Å². The number of hydrazine groups is 1. The van der Waals surface area contributed by atoms with E-state index in [9.17, 15) is 19.3 Å². The lowest BCUT2D eigenvalue weighted by atomic mass is 10.1. The molecule has 0 bridgehead atoms. The summed E-state index contributed by atoms with van der Waals surface area (Å²) in [6.45, 7) is 0. The lowest BCUT2D eigenvalue weighted by Crippen LogP contribution is -2.43. The SMILES string of the molecule is O=C(/C=C/c1ccccc1[N+](=O)[O-])NNC(=S)Nc1ccccc1F. The largest absolute Gasteiger partial charge is 0.329 e. The van der Waals surface area contributed by atoms with Crippen LogP contribution in [0.4, 0.5) is 15.8 Å². The first-order valence-electron chi connectivity index (χ1n) is 7.00. The number of benzene rings is 2. The van der Waals surface area contributed by atoms with Gasteiger partial charge in [0.25, 0.3) is 11.6 Å². The maximum atomic E-state index is 13.5. The Kier molecular flexibility index (Phi) is 6.13. The molecule has 0 saturated heterocycles. The van der Waals surface area contributed by atoms with Gasteiger partial charge in [-0.1, -0.05) is 24.3 Å². The van der Waals surface area contributed by atoms with Crippen molar-refractivity contribution < 1.29 is 14.1 Å². The van der Waals surface area contributed by atoms with E-state index in [-0.39, 0.29) is 22.1 Å². The number of nitrogens with one attached hydrogen (secondary N) is 3. The second kappa shape index (κ2) is 8.50. The molecule has 0 unspecified atom stereocenters. The zero-order valence-corrected chi connectivity index (χ0v) is 13.5. The third-order valence-electron chi connectivity index (χ3n) is 2.97. The first kappa shape index (κ1) is 18.0. The second-order valence-corrected chi connectivity index (χ2v) is 5.11. The molecule has 3 N–H and O–H groups in total. The number of carbonyl (C=O) groups is 1. The van der Waals surface area contributed by atoms with Crippen LogP contribution < -0.4 is 16.2 Å². The van der Waals surface area contributed by atoms with E-state index in [0.717, 1.165) is 6.08 Å². The Morgan fingerprint density at radius 1 is 1.12 bits per heavy atom. The molecule has 1 amide bonds. The number of nitrogens with zero attached hydrogens (tertiary/aromatic N) is 1. The number of anilines is 1. The summed E-state index contributed by atoms with van der Waals surface area (Å²) in [5, 5.41) is 13.4. The summed E-state index contributed by atoms with van der Waals surface area (Å²) in [4.78, 5) is 22.1. The fourth-order valence-corrected chi connectivity index (χ4v) is 2.00. The third-order valence-corrected chi connectivity index (χ3v) is 3.17. The van der Waals surface area contributed by atoms with Gasteiger partial charge >= 0.3 is 0 Å². The normalized spacial score (nSPS) is 10.3. The van der Waals surface area contributed by atoms with Crippen LogP contribution in [0.3, 0.4) is 0 Å². The molecular formula is C16H13FN4O3S. The van der Waals surface area contributed by atoms with Gasteiger partial charge in [0, 0.05) is 12.1 Å². The molecule has 0 aliphatic heterocycles. The van der Waals surface area contributed by atoms with Gasteiger partial charge in [-0.05, 0) is 36.5 Å². The smallest absolute Gasteiger partial charge is 0.276 e. The van der Waals surface area contributed by atoms with E-state index in [1.165, 1.54) is 42.5 Å². The van der Waals surface area contributed by atoms with E-state index < -0.39 is 16.6 Å². The van der Waals surface area contributed by atoms with E-state index in [0.29, 0.717) is 0 Å². The molecule has 2 rings (SSSR count). The number of para-hydroxylation sites is 2. The predicted molar refractivity (Wildman–Crippen MR) is 96.0 cm³/mol. The van der Waals surface area contributed by atoms with Crippen molar-refractivity contribution in [3.05, 3.63) is 76.1 Å². The van der Waals surface area contributed by atoms with Gasteiger partial charge in [0.05, 0.1) is 16.2 Å². The minimum atomic E-state index is -0.587. The van der Waals surface area contributed by atoms with Crippen molar-refractivity contribution >= 4 is 40.7 Å². The average Bonchev–Trinajstić information content (AvgIpc) is 2.60. The van der Waals surface area contributed by atoms with Crippen molar-refractivity contribution in [3.63, 3.8) is 0 Å². The van der Waals surface area contributed by atoms with Crippen LogP contribution in [0.1, 0.15) is 5.56 Å². The van der Waals surface area contributed by atoms with Crippen LogP contribution in [0.25, 0.3) is 6.08 Å². The summed E-state index contributed by atoms with van der Waals surface area (Å²) >= 11 is 4.93. The molecule has 0 spiro atoms. The van der Waals surface area contributed by atoms with Crippen molar-refractivity contribution in [2.24, 2.45) is 0 Å². The molecule has 0 fully saturated rings. The number of hydrogen-bond donors (Lipinski definition) is 3. The molecule has 128 valence electrons. The first-order chi connectivity index (χ1) is 12.0. The number of nitro benzene ring substituents is 1. The number of amides is 1. The molecule has 7 nitrogen and oxygen atoms in total. The summed E-state index contributed by atoms with van der Waals surface area (Å²) in [5.41, 5.74) is 5.00. The van der Waals surface area contributed by atoms with Crippen molar-refractivity contribution in [3.8, 4) is 0 Å². The Balaban J connectivity index is 1.89. The molecule has 0 aliphatic rings. The molecule has 0 atom stereocenters. The average molecular weight is 360 g/mol. The second-order valence-electron chi connectivity index (χ2n) is 4.70. The first-order valence-corrected chi connectivity index (χ1v) is 7.41. The quantitative estimate of drug-likeness (QED) is 0.336. The number of halogens is 1. The highest BCUT2D eigenvalue weighted by atomic mass is 32.1. The zero-order valence-electron chi connectivity index (χ0n) is 12.7. The van der Waals surface area contributed by atoms with E-state index in [1.807, 2.05) is 0 Å². The molecule has 0 aromatic heterocycles. The predicted octanol–water partition coefficient (Wildman–Crippen LogP) is 2.76. The molecule has 9 heteroatoms. The topological polar surface area (TPSA) is 96.3 Å². The lowest BCUT2D eigenvalue weighted by molar-refractivity contribution is -0.385. The summed E-state index contributed by atoms with van der Waals surface area (Å²) in [5.74, 6) is -1.08. The lowest BCUT2D eigenvalue weighted by Gasteiger charge is -2.10. The molecule has 2 aromatic rings. The fourth-order valence-electron chi connectivity index (χ4n) is 1.84. The Morgan fingerprint density at radius 2 is 1.80 bits per heavy atom. The van der Waals surface area contributed by atoms with Gasteiger partial charge in [0.15, 0.2) is 5.11 Å². The molecule has 25 heavy (non-hydrogen) atoms.